The maximum Gasteiger partial charge on any atom is 0.137 e. The van der Waals surface area contributed by atoms with Gasteiger partial charge in [-0.05, 0) is 42.7 Å². The molecule has 27 heavy (non-hydrogen) atoms. The second-order valence-electron chi connectivity index (χ2n) is 7.86. The molecule has 2 aliphatic rings. The molecule has 1 fully saturated rings. The van der Waals surface area contributed by atoms with E-state index in [1.54, 1.807) is 0 Å². The van der Waals surface area contributed by atoms with Gasteiger partial charge in [-0.1, -0.05) is 12.5 Å². The lowest BCUT2D eigenvalue weighted by Crippen LogP contribution is -2.41. The summed E-state index contributed by atoms with van der Waals surface area (Å²) in [6, 6.07) is 11.6. The summed E-state index contributed by atoms with van der Waals surface area (Å²) in [5.41, 5.74) is 5.70. The van der Waals surface area contributed by atoms with E-state index in [0.29, 0.717) is 0 Å². The zero-order chi connectivity index (χ0) is 17.8. The first kappa shape index (κ1) is 15.4. The fraction of sp³-hybridized carbons (Fsp3) is 0.364. The van der Waals surface area contributed by atoms with Crippen molar-refractivity contribution in [2.75, 3.05) is 13.1 Å². The molecule has 6 rings (SSSR count). The predicted molar refractivity (Wildman–Crippen MR) is 108 cm³/mol. The number of hydrogen-bond donors (Lipinski definition) is 1. The largest absolute Gasteiger partial charge is 0.346 e. The Kier molecular flexibility index (Phi) is 3.38. The lowest BCUT2D eigenvalue weighted by Gasteiger charge is -2.36. The first-order valence-electron chi connectivity index (χ1n) is 10.0. The van der Waals surface area contributed by atoms with Gasteiger partial charge in [-0.3, -0.25) is 4.90 Å². The minimum absolute atomic E-state index is 0.822. The molecule has 0 atom stereocenters. The SMILES string of the molecule is c1cnc2[nH]cc(-c3ccc4c(c3)nc3n4CCN(C4CCC4)CC3)c2c1. The lowest BCUT2D eigenvalue weighted by atomic mass is 9.91. The van der Waals surface area contributed by atoms with Crippen molar-refractivity contribution in [3.8, 4) is 11.1 Å². The molecule has 1 aromatic carbocycles. The Bertz CT molecular complexity index is 1130. The summed E-state index contributed by atoms with van der Waals surface area (Å²) in [5.74, 6) is 1.24. The Morgan fingerprint density at radius 2 is 2.04 bits per heavy atom. The van der Waals surface area contributed by atoms with Crippen LogP contribution in [0.15, 0.2) is 42.7 Å². The van der Waals surface area contributed by atoms with Gasteiger partial charge in [-0.25, -0.2) is 9.97 Å². The smallest absolute Gasteiger partial charge is 0.137 e. The molecular weight excluding hydrogens is 334 g/mol. The second kappa shape index (κ2) is 5.92. The molecule has 3 aromatic heterocycles. The summed E-state index contributed by atoms with van der Waals surface area (Å²) >= 11 is 0. The molecule has 0 spiro atoms. The van der Waals surface area contributed by atoms with Crippen molar-refractivity contribution in [3.63, 3.8) is 0 Å². The van der Waals surface area contributed by atoms with Crippen LogP contribution in [0.5, 0.6) is 0 Å². The molecule has 5 nitrogen and oxygen atoms in total. The zero-order valence-corrected chi connectivity index (χ0v) is 15.4. The van der Waals surface area contributed by atoms with E-state index in [0.717, 1.165) is 48.6 Å². The Hall–Kier alpha value is -2.66. The Morgan fingerprint density at radius 1 is 1.07 bits per heavy atom. The summed E-state index contributed by atoms with van der Waals surface area (Å²) < 4.78 is 2.44. The van der Waals surface area contributed by atoms with E-state index in [9.17, 15) is 0 Å². The average Bonchev–Trinajstić information content (AvgIpc) is 3.17. The van der Waals surface area contributed by atoms with Gasteiger partial charge in [0, 0.05) is 55.4 Å². The van der Waals surface area contributed by atoms with Gasteiger partial charge >= 0.3 is 0 Å². The van der Waals surface area contributed by atoms with Crippen molar-refractivity contribution in [3.05, 3.63) is 48.5 Å². The normalized spacial score (nSPS) is 18.5. The number of aromatic amines is 1. The first-order chi connectivity index (χ1) is 13.4. The molecule has 0 bridgehead atoms. The minimum Gasteiger partial charge on any atom is -0.346 e. The van der Waals surface area contributed by atoms with Crippen molar-refractivity contribution in [1.29, 1.82) is 0 Å². The third-order valence-corrected chi connectivity index (χ3v) is 6.41. The van der Waals surface area contributed by atoms with Crippen molar-refractivity contribution in [2.45, 2.75) is 38.3 Å². The lowest BCUT2D eigenvalue weighted by molar-refractivity contribution is 0.130. The molecule has 1 aliphatic carbocycles. The number of benzene rings is 1. The molecule has 0 unspecified atom stereocenters. The van der Waals surface area contributed by atoms with Gasteiger partial charge in [-0.2, -0.15) is 0 Å². The van der Waals surface area contributed by atoms with Gasteiger partial charge in [0.2, 0.25) is 0 Å². The van der Waals surface area contributed by atoms with Crippen LogP contribution >= 0.6 is 0 Å². The first-order valence-corrected chi connectivity index (χ1v) is 10.0. The van der Waals surface area contributed by atoms with Crippen molar-refractivity contribution < 1.29 is 0 Å². The van der Waals surface area contributed by atoms with Crippen molar-refractivity contribution in [2.24, 2.45) is 0 Å². The third-order valence-electron chi connectivity index (χ3n) is 6.41. The number of fused-ring (bicyclic) bond motifs is 4. The van der Waals surface area contributed by atoms with Crippen molar-refractivity contribution in [1.82, 2.24) is 24.4 Å². The number of hydrogen-bond acceptors (Lipinski definition) is 3. The molecule has 5 heteroatoms. The van der Waals surface area contributed by atoms with Crippen LogP contribution in [0.4, 0.5) is 0 Å². The summed E-state index contributed by atoms with van der Waals surface area (Å²) in [4.78, 5) is 15.4. The molecule has 4 heterocycles. The number of H-pyrrole nitrogens is 1. The molecule has 0 amide bonds. The molecule has 0 radical (unpaired) electrons. The number of nitrogens with one attached hydrogen (secondary N) is 1. The van der Waals surface area contributed by atoms with E-state index < -0.39 is 0 Å². The fourth-order valence-electron chi connectivity index (χ4n) is 4.68. The standard InChI is InChI=1S/C22H23N5/c1-3-16(4-1)26-10-8-21-25-19-13-15(6-7-20(19)27(21)12-11-26)18-14-24-22-17(18)5-2-9-23-22/h2,5-7,9,13-14,16H,1,3-4,8,10-12H2,(H,23,24). The minimum atomic E-state index is 0.822. The summed E-state index contributed by atoms with van der Waals surface area (Å²) in [6.45, 7) is 3.35. The van der Waals surface area contributed by atoms with Gasteiger partial charge in [-0.15, -0.1) is 0 Å². The highest BCUT2D eigenvalue weighted by Gasteiger charge is 2.27. The average molecular weight is 357 g/mol. The molecule has 0 saturated heterocycles. The Morgan fingerprint density at radius 3 is 2.93 bits per heavy atom. The highest BCUT2D eigenvalue weighted by Crippen LogP contribution is 2.31. The van der Waals surface area contributed by atoms with Crippen LogP contribution in [-0.2, 0) is 13.0 Å². The molecule has 1 saturated carbocycles. The molecule has 4 aromatic rings. The second-order valence-corrected chi connectivity index (χ2v) is 7.86. The molecule has 1 aliphatic heterocycles. The summed E-state index contributed by atoms with van der Waals surface area (Å²) in [7, 11) is 0. The van der Waals surface area contributed by atoms with Crippen LogP contribution in [-0.4, -0.2) is 43.6 Å². The number of aromatic nitrogens is 4. The van der Waals surface area contributed by atoms with Gasteiger partial charge in [0.05, 0.1) is 11.0 Å². The van der Waals surface area contributed by atoms with Crippen LogP contribution in [0.2, 0.25) is 0 Å². The van der Waals surface area contributed by atoms with E-state index in [4.69, 9.17) is 4.98 Å². The predicted octanol–water partition coefficient (Wildman–Crippen LogP) is 3.99. The molecule has 1 N–H and O–H groups in total. The van der Waals surface area contributed by atoms with E-state index in [-0.39, 0.29) is 0 Å². The monoisotopic (exact) mass is 357 g/mol. The quantitative estimate of drug-likeness (QED) is 0.590. The number of imidazole rings is 1. The van der Waals surface area contributed by atoms with E-state index in [1.165, 1.54) is 41.7 Å². The van der Waals surface area contributed by atoms with Crippen LogP contribution in [0.25, 0.3) is 33.2 Å². The third kappa shape index (κ3) is 2.42. The van der Waals surface area contributed by atoms with Gasteiger partial charge in [0.25, 0.3) is 0 Å². The van der Waals surface area contributed by atoms with Crippen molar-refractivity contribution >= 4 is 22.1 Å². The molecular formula is C22H23N5. The maximum atomic E-state index is 5.01. The Balaban J connectivity index is 1.37. The van der Waals surface area contributed by atoms with Crippen LogP contribution in [0.1, 0.15) is 25.1 Å². The maximum absolute atomic E-state index is 5.01. The van der Waals surface area contributed by atoms with Crippen LogP contribution in [0.3, 0.4) is 0 Å². The van der Waals surface area contributed by atoms with Gasteiger partial charge < -0.3 is 9.55 Å². The Labute approximate surface area is 158 Å². The van der Waals surface area contributed by atoms with Gasteiger partial charge in [0.15, 0.2) is 0 Å². The van der Waals surface area contributed by atoms with E-state index in [2.05, 4.69) is 49.9 Å². The summed E-state index contributed by atoms with van der Waals surface area (Å²) in [5, 5.41) is 1.16. The van der Waals surface area contributed by atoms with Crippen LogP contribution < -0.4 is 0 Å². The zero-order valence-electron chi connectivity index (χ0n) is 15.4. The number of nitrogens with zero attached hydrogens (tertiary/aromatic N) is 4. The van der Waals surface area contributed by atoms with E-state index in [1.807, 2.05) is 12.3 Å². The topological polar surface area (TPSA) is 49.7 Å². The van der Waals surface area contributed by atoms with Gasteiger partial charge in [0.1, 0.15) is 11.5 Å². The van der Waals surface area contributed by atoms with Crippen LogP contribution in [0, 0.1) is 0 Å². The fourth-order valence-corrected chi connectivity index (χ4v) is 4.68. The number of pyridine rings is 1. The van der Waals surface area contributed by atoms with E-state index >= 15 is 0 Å². The number of rotatable bonds is 2. The summed E-state index contributed by atoms with van der Waals surface area (Å²) in [6.07, 6.45) is 9.09. The highest BCUT2D eigenvalue weighted by molar-refractivity contribution is 5.95. The molecule has 136 valence electrons. The highest BCUT2D eigenvalue weighted by atomic mass is 15.2.